The number of benzene rings is 6. The lowest BCUT2D eigenvalue weighted by molar-refractivity contribution is 0.674. The van der Waals surface area contributed by atoms with Crippen molar-refractivity contribution in [2.45, 2.75) is 6.17 Å². The first-order valence-corrected chi connectivity index (χ1v) is 15.1. The van der Waals surface area contributed by atoms with Crippen LogP contribution in [0, 0.1) is 0 Å². The number of nitrogens with one attached hydrogen (secondary N) is 1. The first-order chi connectivity index (χ1) is 22.3. The molecule has 45 heavy (non-hydrogen) atoms. The van der Waals surface area contributed by atoms with Crippen LogP contribution >= 0.6 is 0 Å². The number of rotatable bonds is 6. The number of aliphatic imine (C=N–C) groups is 2. The summed E-state index contributed by atoms with van der Waals surface area (Å²) in [5.74, 6) is 2.43. The topological polar surface area (TPSA) is 54.6 Å². The average Bonchev–Trinajstić information content (AvgIpc) is 3.52. The van der Waals surface area contributed by atoms with Gasteiger partial charge in [-0.05, 0) is 47.0 Å². The second-order valence-electron chi connectivity index (χ2n) is 11.0. The van der Waals surface area contributed by atoms with E-state index in [2.05, 4.69) is 125 Å². The Morgan fingerprint density at radius 3 is 1.91 bits per heavy atom. The zero-order valence-electron chi connectivity index (χ0n) is 24.5. The summed E-state index contributed by atoms with van der Waals surface area (Å²) in [5.41, 5.74) is 9.51. The third kappa shape index (κ3) is 5.21. The molecule has 0 saturated carbocycles. The van der Waals surface area contributed by atoms with E-state index in [1.165, 1.54) is 0 Å². The second kappa shape index (κ2) is 11.5. The highest BCUT2D eigenvalue weighted by Gasteiger charge is 2.21. The summed E-state index contributed by atoms with van der Waals surface area (Å²) in [7, 11) is 0. The molecule has 1 unspecified atom stereocenters. The molecule has 2 heterocycles. The maximum atomic E-state index is 5.05. The fourth-order valence-corrected chi connectivity index (χ4v) is 5.83. The molecule has 0 bridgehead atoms. The molecule has 0 saturated heterocycles. The van der Waals surface area contributed by atoms with Crippen LogP contribution in [0.1, 0.15) is 22.9 Å². The molecule has 0 spiro atoms. The van der Waals surface area contributed by atoms with Crippen LogP contribution in [0.5, 0.6) is 0 Å². The molecule has 0 amide bonds. The Labute approximate surface area is 261 Å². The van der Waals surface area contributed by atoms with Crippen LogP contribution in [0.15, 0.2) is 174 Å². The van der Waals surface area contributed by atoms with Crippen LogP contribution in [0.4, 0.5) is 0 Å². The van der Waals surface area contributed by atoms with Gasteiger partial charge < -0.3 is 5.32 Å². The number of aromatic nitrogens is 2. The number of fused-ring (bicyclic) bond motifs is 1. The van der Waals surface area contributed by atoms with Crippen molar-refractivity contribution in [1.82, 2.24) is 14.9 Å². The normalized spacial score (nSPS) is 14.4. The predicted octanol–water partition coefficient (Wildman–Crippen LogP) is 8.85. The summed E-state index contributed by atoms with van der Waals surface area (Å²) in [4.78, 5) is 15.1. The molecule has 0 aliphatic carbocycles. The van der Waals surface area contributed by atoms with Crippen LogP contribution in [-0.2, 0) is 0 Å². The van der Waals surface area contributed by atoms with E-state index in [1.807, 2.05) is 48.5 Å². The quantitative estimate of drug-likeness (QED) is 0.214. The molecule has 1 atom stereocenters. The number of amidine groups is 2. The molecular formula is C40H29N5. The Kier molecular flexibility index (Phi) is 6.81. The maximum Gasteiger partial charge on any atom is 0.159 e. The number of imidazole rings is 1. The zero-order chi connectivity index (χ0) is 30.0. The number of nitrogens with zero attached hydrogens (tertiary/aromatic N) is 4. The largest absolute Gasteiger partial charge is 0.344 e. The maximum absolute atomic E-state index is 5.05. The van der Waals surface area contributed by atoms with Crippen molar-refractivity contribution in [2.24, 2.45) is 9.98 Å². The van der Waals surface area contributed by atoms with Crippen LogP contribution in [0.2, 0.25) is 0 Å². The summed E-state index contributed by atoms with van der Waals surface area (Å²) in [5, 5.41) is 3.53. The van der Waals surface area contributed by atoms with Crippen molar-refractivity contribution >= 4 is 22.7 Å². The van der Waals surface area contributed by atoms with Gasteiger partial charge >= 0.3 is 0 Å². The molecule has 1 aliphatic heterocycles. The third-order valence-electron chi connectivity index (χ3n) is 8.08. The molecule has 5 nitrogen and oxygen atoms in total. The minimum atomic E-state index is -0.235. The van der Waals surface area contributed by atoms with Crippen molar-refractivity contribution in [1.29, 1.82) is 0 Å². The van der Waals surface area contributed by atoms with Gasteiger partial charge in [-0.3, -0.25) is 4.57 Å². The lowest BCUT2D eigenvalue weighted by Crippen LogP contribution is -2.33. The van der Waals surface area contributed by atoms with Gasteiger partial charge in [0.2, 0.25) is 0 Å². The van der Waals surface area contributed by atoms with E-state index in [9.17, 15) is 0 Å². The molecule has 0 radical (unpaired) electrons. The fraction of sp³-hybridized carbons (Fsp3) is 0.0250. The van der Waals surface area contributed by atoms with E-state index in [4.69, 9.17) is 15.0 Å². The number of para-hydroxylation sites is 3. The Morgan fingerprint density at radius 2 is 1.13 bits per heavy atom. The van der Waals surface area contributed by atoms with E-state index in [-0.39, 0.29) is 6.17 Å². The molecule has 1 aromatic heterocycles. The smallest absolute Gasteiger partial charge is 0.159 e. The van der Waals surface area contributed by atoms with Gasteiger partial charge in [0.05, 0.1) is 11.0 Å². The van der Waals surface area contributed by atoms with Gasteiger partial charge in [0, 0.05) is 22.4 Å². The molecule has 214 valence electrons. The average molecular weight is 580 g/mol. The molecule has 6 aromatic carbocycles. The third-order valence-corrected chi connectivity index (χ3v) is 8.08. The van der Waals surface area contributed by atoms with Crippen molar-refractivity contribution in [3.8, 4) is 28.2 Å². The summed E-state index contributed by atoms with van der Waals surface area (Å²) in [6.07, 6.45) is -0.235. The SMILES string of the molecule is c1ccc(C2=NC(c3cccc(-c4ccc(-c5nc6ccccc6n5-c5ccccc5)cc4)c3)=NC(c3ccccc3)N2)cc1. The Hall–Kier alpha value is -6.07. The van der Waals surface area contributed by atoms with Crippen molar-refractivity contribution in [2.75, 3.05) is 0 Å². The van der Waals surface area contributed by atoms with E-state index < -0.39 is 0 Å². The van der Waals surface area contributed by atoms with Crippen molar-refractivity contribution < 1.29 is 0 Å². The second-order valence-corrected chi connectivity index (χ2v) is 11.0. The number of hydrogen-bond donors (Lipinski definition) is 1. The van der Waals surface area contributed by atoms with Crippen LogP contribution in [0.3, 0.4) is 0 Å². The highest BCUT2D eigenvalue weighted by molar-refractivity contribution is 6.13. The first kappa shape index (κ1) is 26.5. The van der Waals surface area contributed by atoms with E-state index in [0.717, 1.165) is 61.8 Å². The first-order valence-electron chi connectivity index (χ1n) is 15.1. The van der Waals surface area contributed by atoms with Gasteiger partial charge in [0.15, 0.2) is 5.84 Å². The van der Waals surface area contributed by atoms with E-state index in [1.54, 1.807) is 0 Å². The number of hydrogen-bond acceptors (Lipinski definition) is 4. The van der Waals surface area contributed by atoms with Gasteiger partial charge in [-0.15, -0.1) is 0 Å². The highest BCUT2D eigenvalue weighted by atomic mass is 15.2. The highest BCUT2D eigenvalue weighted by Crippen LogP contribution is 2.31. The van der Waals surface area contributed by atoms with Crippen molar-refractivity contribution in [3.63, 3.8) is 0 Å². The Morgan fingerprint density at radius 1 is 0.511 bits per heavy atom. The standard InChI is InChI=1S/C40H29N5/c1-4-13-29(14-5-1)37-42-38(30-15-6-2-7-16-30)44-39(43-37)33-18-12-17-32(27-33)28-23-25-31(26-24-28)40-41-35-21-10-11-22-36(35)45(40)34-19-8-3-9-20-34/h1-27,37H,(H,42,43,44). The minimum Gasteiger partial charge on any atom is -0.344 e. The van der Waals surface area contributed by atoms with E-state index >= 15 is 0 Å². The zero-order valence-corrected chi connectivity index (χ0v) is 24.5. The summed E-state index contributed by atoms with van der Waals surface area (Å²) >= 11 is 0. The summed E-state index contributed by atoms with van der Waals surface area (Å²) in [6, 6.07) is 56.3. The monoisotopic (exact) mass is 579 g/mol. The van der Waals surface area contributed by atoms with Gasteiger partial charge in [0.1, 0.15) is 17.8 Å². The molecule has 5 heteroatoms. The van der Waals surface area contributed by atoms with Gasteiger partial charge in [-0.25, -0.2) is 15.0 Å². The molecule has 1 aliphatic rings. The van der Waals surface area contributed by atoms with Crippen LogP contribution in [0.25, 0.3) is 39.2 Å². The lowest BCUT2D eigenvalue weighted by atomic mass is 10.0. The molecular weight excluding hydrogens is 550 g/mol. The fourth-order valence-electron chi connectivity index (χ4n) is 5.83. The van der Waals surface area contributed by atoms with Gasteiger partial charge in [-0.2, -0.15) is 0 Å². The predicted molar refractivity (Wildman–Crippen MR) is 184 cm³/mol. The van der Waals surface area contributed by atoms with Gasteiger partial charge in [-0.1, -0.05) is 133 Å². The molecule has 1 N–H and O–H groups in total. The summed E-state index contributed by atoms with van der Waals surface area (Å²) in [6.45, 7) is 0. The lowest BCUT2D eigenvalue weighted by Gasteiger charge is -2.23. The Balaban J connectivity index is 1.16. The van der Waals surface area contributed by atoms with Crippen LogP contribution < -0.4 is 5.32 Å². The van der Waals surface area contributed by atoms with Gasteiger partial charge in [0.25, 0.3) is 0 Å². The molecule has 7 aromatic rings. The van der Waals surface area contributed by atoms with Crippen molar-refractivity contribution in [3.05, 3.63) is 180 Å². The molecule has 8 rings (SSSR count). The molecule has 0 fully saturated rings. The van der Waals surface area contributed by atoms with Crippen LogP contribution in [-0.4, -0.2) is 21.2 Å². The Bertz CT molecular complexity index is 2160. The summed E-state index contributed by atoms with van der Waals surface area (Å²) < 4.78 is 2.23. The van der Waals surface area contributed by atoms with E-state index in [0.29, 0.717) is 5.84 Å². The minimum absolute atomic E-state index is 0.235.